The number of aryl methyl sites for hydroxylation is 1. The normalized spacial score (nSPS) is 23.2. The highest BCUT2D eigenvalue weighted by atomic mass is 32.2. The van der Waals surface area contributed by atoms with E-state index in [2.05, 4.69) is 10.4 Å². The molecule has 0 bridgehead atoms. The number of nitrogens with zero attached hydrogens (tertiary/aromatic N) is 4. The Morgan fingerprint density at radius 2 is 1.93 bits per heavy atom. The lowest BCUT2D eigenvalue weighted by atomic mass is 10.1. The van der Waals surface area contributed by atoms with Gasteiger partial charge in [-0.25, -0.2) is 4.99 Å². The molecule has 1 unspecified atom stereocenters. The number of benzene rings is 1. The van der Waals surface area contributed by atoms with Gasteiger partial charge in [-0.15, -0.1) is 0 Å². The van der Waals surface area contributed by atoms with Gasteiger partial charge in [0.25, 0.3) is 11.8 Å². The second kappa shape index (κ2) is 7.33. The predicted octanol–water partition coefficient (Wildman–Crippen LogP) is 2.74. The van der Waals surface area contributed by atoms with Gasteiger partial charge >= 0.3 is 0 Å². The number of nitrogens with one attached hydrogen (secondary N) is 1. The molecule has 1 aromatic rings. The Labute approximate surface area is 174 Å². The van der Waals surface area contributed by atoms with Gasteiger partial charge in [-0.2, -0.15) is 5.10 Å². The minimum atomic E-state index is -0.307. The number of amidine groups is 1. The van der Waals surface area contributed by atoms with Gasteiger partial charge in [0.05, 0.1) is 5.54 Å². The van der Waals surface area contributed by atoms with Crippen molar-refractivity contribution in [2.24, 2.45) is 10.1 Å². The molecule has 7 nitrogen and oxygen atoms in total. The van der Waals surface area contributed by atoms with Crippen molar-refractivity contribution in [3.63, 3.8) is 0 Å². The number of hydrazone groups is 1. The zero-order valence-electron chi connectivity index (χ0n) is 17.0. The molecule has 0 aromatic heterocycles. The third-order valence-electron chi connectivity index (χ3n) is 5.02. The summed E-state index contributed by atoms with van der Waals surface area (Å²) in [5, 5.41) is 9.72. The van der Waals surface area contributed by atoms with Crippen LogP contribution < -0.4 is 5.32 Å². The topological polar surface area (TPSA) is 77.4 Å². The van der Waals surface area contributed by atoms with E-state index in [0.29, 0.717) is 23.0 Å². The SMILES string of the molecule is Cc1ccc(C(=O)NC2=N[C@@H]3C(S2)C(C(=O)N2C=CCC2)=NN3C(C)(C)C)cc1. The van der Waals surface area contributed by atoms with Gasteiger partial charge in [-0.1, -0.05) is 35.5 Å². The average molecular weight is 412 g/mol. The van der Waals surface area contributed by atoms with Crippen molar-refractivity contribution in [3.8, 4) is 0 Å². The third kappa shape index (κ3) is 3.81. The van der Waals surface area contributed by atoms with Gasteiger partial charge < -0.3 is 10.2 Å². The van der Waals surface area contributed by atoms with E-state index in [4.69, 9.17) is 4.99 Å². The van der Waals surface area contributed by atoms with Crippen molar-refractivity contribution >= 4 is 34.5 Å². The van der Waals surface area contributed by atoms with Gasteiger partial charge in [0.1, 0.15) is 11.0 Å². The first-order valence-corrected chi connectivity index (χ1v) is 10.6. The zero-order chi connectivity index (χ0) is 20.8. The van der Waals surface area contributed by atoms with Crippen molar-refractivity contribution in [3.05, 3.63) is 47.7 Å². The Bertz CT molecular complexity index is 929. The quantitative estimate of drug-likeness (QED) is 0.812. The fourth-order valence-corrected chi connectivity index (χ4v) is 4.58. The van der Waals surface area contributed by atoms with E-state index in [9.17, 15) is 9.59 Å². The Balaban J connectivity index is 1.54. The van der Waals surface area contributed by atoms with E-state index in [-0.39, 0.29) is 28.8 Å². The van der Waals surface area contributed by atoms with E-state index in [0.717, 1.165) is 12.0 Å². The average Bonchev–Trinajstić information content (AvgIpc) is 3.37. The van der Waals surface area contributed by atoms with E-state index < -0.39 is 0 Å². The summed E-state index contributed by atoms with van der Waals surface area (Å²) >= 11 is 1.40. The number of thioether (sulfide) groups is 1. The van der Waals surface area contributed by atoms with Gasteiger partial charge in [-0.3, -0.25) is 14.6 Å². The highest BCUT2D eigenvalue weighted by molar-refractivity contribution is 8.15. The highest BCUT2D eigenvalue weighted by Crippen LogP contribution is 2.38. The molecule has 0 aliphatic carbocycles. The van der Waals surface area contributed by atoms with Crippen LogP contribution in [0.3, 0.4) is 0 Å². The van der Waals surface area contributed by atoms with Crippen LogP contribution in [-0.4, -0.2) is 56.1 Å². The molecule has 3 heterocycles. The summed E-state index contributed by atoms with van der Waals surface area (Å²) in [6.07, 6.45) is 4.36. The van der Waals surface area contributed by atoms with Crippen LogP contribution in [0, 0.1) is 6.92 Å². The lowest BCUT2D eigenvalue weighted by Gasteiger charge is -2.33. The largest absolute Gasteiger partial charge is 0.314 e. The second-order valence-electron chi connectivity index (χ2n) is 8.38. The fraction of sp³-hybridized carbons (Fsp3) is 0.429. The lowest BCUT2D eigenvalue weighted by molar-refractivity contribution is -0.121. The maximum atomic E-state index is 13.0. The molecule has 0 spiro atoms. The molecule has 0 saturated heterocycles. The molecule has 4 rings (SSSR count). The third-order valence-corrected chi connectivity index (χ3v) is 6.17. The maximum Gasteiger partial charge on any atom is 0.275 e. The molecule has 3 aliphatic rings. The molecule has 2 amide bonds. The zero-order valence-corrected chi connectivity index (χ0v) is 17.9. The first-order chi connectivity index (χ1) is 13.7. The number of aliphatic imine (C=N–C) groups is 1. The summed E-state index contributed by atoms with van der Waals surface area (Å²) in [7, 11) is 0. The number of fused-ring (bicyclic) bond motifs is 1. The minimum Gasteiger partial charge on any atom is -0.314 e. The number of rotatable bonds is 2. The Kier molecular flexibility index (Phi) is 4.98. The van der Waals surface area contributed by atoms with Gasteiger partial charge in [-0.05, 0) is 46.2 Å². The van der Waals surface area contributed by atoms with Crippen LogP contribution in [0.15, 0.2) is 46.6 Å². The number of carbonyl (C=O) groups is 2. The monoisotopic (exact) mass is 411 g/mol. The maximum absolute atomic E-state index is 13.0. The smallest absolute Gasteiger partial charge is 0.275 e. The van der Waals surface area contributed by atoms with Gasteiger partial charge in [0, 0.05) is 18.3 Å². The Morgan fingerprint density at radius 1 is 1.21 bits per heavy atom. The van der Waals surface area contributed by atoms with Crippen molar-refractivity contribution in [1.82, 2.24) is 15.2 Å². The van der Waals surface area contributed by atoms with Gasteiger partial charge in [0.2, 0.25) is 0 Å². The molecule has 29 heavy (non-hydrogen) atoms. The van der Waals surface area contributed by atoms with Crippen LogP contribution in [0.1, 0.15) is 43.1 Å². The number of carbonyl (C=O) groups excluding carboxylic acids is 2. The lowest BCUT2D eigenvalue weighted by Crippen LogP contribution is -2.44. The van der Waals surface area contributed by atoms with E-state index in [1.807, 2.05) is 57.1 Å². The molecular formula is C21H25N5O2S. The van der Waals surface area contributed by atoms with Crippen LogP contribution in [0.4, 0.5) is 0 Å². The molecule has 1 N–H and O–H groups in total. The van der Waals surface area contributed by atoms with E-state index in [1.165, 1.54) is 11.8 Å². The molecule has 152 valence electrons. The van der Waals surface area contributed by atoms with Crippen molar-refractivity contribution in [2.75, 3.05) is 6.54 Å². The van der Waals surface area contributed by atoms with E-state index in [1.54, 1.807) is 17.0 Å². The molecule has 0 fully saturated rings. The molecule has 0 saturated carbocycles. The Morgan fingerprint density at radius 3 is 2.55 bits per heavy atom. The molecule has 8 heteroatoms. The highest BCUT2D eigenvalue weighted by Gasteiger charge is 2.49. The summed E-state index contributed by atoms with van der Waals surface area (Å²) in [5.41, 5.74) is 1.87. The summed E-state index contributed by atoms with van der Waals surface area (Å²) in [6.45, 7) is 8.78. The van der Waals surface area contributed by atoms with Crippen LogP contribution in [0.5, 0.6) is 0 Å². The minimum absolute atomic E-state index is 0.0886. The van der Waals surface area contributed by atoms with Crippen LogP contribution in [0.2, 0.25) is 0 Å². The van der Waals surface area contributed by atoms with Crippen LogP contribution in [0.25, 0.3) is 0 Å². The van der Waals surface area contributed by atoms with E-state index >= 15 is 0 Å². The number of hydrogen-bond donors (Lipinski definition) is 1. The van der Waals surface area contributed by atoms with Crippen molar-refractivity contribution in [2.45, 2.75) is 51.1 Å². The number of amides is 2. The van der Waals surface area contributed by atoms with Crippen molar-refractivity contribution in [1.29, 1.82) is 0 Å². The van der Waals surface area contributed by atoms with Crippen LogP contribution in [-0.2, 0) is 4.79 Å². The predicted molar refractivity (Wildman–Crippen MR) is 116 cm³/mol. The molecule has 3 aliphatic heterocycles. The summed E-state index contributed by atoms with van der Waals surface area (Å²) in [4.78, 5) is 32.0. The fourth-order valence-electron chi connectivity index (χ4n) is 3.47. The first kappa shape index (κ1) is 19.7. The standard InChI is InChI=1S/C21H25N5O2S/c1-13-7-9-14(10-8-13)18(27)23-20-22-17-16(29-20)15(24-26(17)21(2,3)4)19(28)25-11-5-6-12-25/h5,7-11,16-17H,6,12H2,1-4H3,(H,22,23,27)/t16?,17-/m0/s1. The molecule has 2 atom stereocenters. The summed E-state index contributed by atoms with van der Waals surface area (Å²) in [5.74, 6) is -0.292. The molecule has 0 radical (unpaired) electrons. The summed E-state index contributed by atoms with van der Waals surface area (Å²) < 4.78 is 0. The van der Waals surface area contributed by atoms with Crippen LogP contribution >= 0.6 is 11.8 Å². The Hall–Kier alpha value is -2.61. The molecular weight excluding hydrogens is 386 g/mol. The number of hydrogen-bond acceptors (Lipinski definition) is 6. The van der Waals surface area contributed by atoms with Crippen molar-refractivity contribution < 1.29 is 9.59 Å². The first-order valence-electron chi connectivity index (χ1n) is 9.72. The second-order valence-corrected chi connectivity index (χ2v) is 9.51. The van der Waals surface area contributed by atoms with Gasteiger partial charge in [0.15, 0.2) is 11.3 Å². The molecule has 1 aromatic carbocycles. The summed E-state index contributed by atoms with van der Waals surface area (Å²) in [6, 6.07) is 7.40.